The maximum atomic E-state index is 12.5. The van der Waals surface area contributed by atoms with Crippen LogP contribution in [0.25, 0.3) is 11.5 Å². The van der Waals surface area contributed by atoms with Gasteiger partial charge in [-0.3, -0.25) is 9.89 Å². The monoisotopic (exact) mass is 339 g/mol. The largest absolute Gasteiger partial charge is 0.465 e. The van der Waals surface area contributed by atoms with E-state index < -0.39 is 5.97 Å². The zero-order chi connectivity index (χ0) is 17.8. The molecule has 0 fully saturated rings. The molecule has 1 aromatic carbocycles. The van der Waals surface area contributed by atoms with Gasteiger partial charge in [-0.05, 0) is 29.8 Å². The molecule has 0 aliphatic carbocycles. The fourth-order valence-corrected chi connectivity index (χ4v) is 2.39. The van der Waals surface area contributed by atoms with Gasteiger partial charge in [0.1, 0.15) is 5.69 Å². The van der Waals surface area contributed by atoms with Crippen molar-refractivity contribution in [3.63, 3.8) is 0 Å². The van der Waals surface area contributed by atoms with Crippen molar-refractivity contribution in [3.05, 3.63) is 65.5 Å². The maximum absolute atomic E-state index is 12.5. The number of hydrogen-bond acceptors (Lipinski definition) is 5. The lowest BCUT2D eigenvalue weighted by atomic mass is 10.1. The van der Waals surface area contributed by atoms with E-state index in [1.165, 1.54) is 7.11 Å². The van der Waals surface area contributed by atoms with E-state index in [9.17, 15) is 9.59 Å². The smallest absolute Gasteiger partial charge is 0.337 e. The van der Waals surface area contributed by atoms with Crippen LogP contribution in [0.4, 0.5) is 0 Å². The first-order chi connectivity index (χ1) is 12.1. The number of esters is 1. The molecule has 0 saturated heterocycles. The molecule has 128 valence electrons. The Morgan fingerprint density at radius 2 is 2.00 bits per heavy atom. The third kappa shape index (κ3) is 3.60. The van der Waals surface area contributed by atoms with Gasteiger partial charge in [0.05, 0.1) is 18.9 Å². The molecule has 2 heterocycles. The summed E-state index contributed by atoms with van der Waals surface area (Å²) in [5.74, 6) is 0.0108. The number of nitrogens with one attached hydrogen (secondary N) is 1. The van der Waals surface area contributed by atoms with Crippen molar-refractivity contribution in [2.75, 3.05) is 14.2 Å². The van der Waals surface area contributed by atoms with Crippen molar-refractivity contribution in [2.24, 2.45) is 0 Å². The summed E-state index contributed by atoms with van der Waals surface area (Å²) >= 11 is 0. The molecule has 0 unspecified atom stereocenters. The summed E-state index contributed by atoms with van der Waals surface area (Å²) in [5, 5.41) is 6.84. The van der Waals surface area contributed by atoms with Gasteiger partial charge >= 0.3 is 5.97 Å². The van der Waals surface area contributed by atoms with Crippen LogP contribution in [0.1, 0.15) is 26.4 Å². The Bertz CT molecular complexity index is 866. The highest BCUT2D eigenvalue weighted by Crippen LogP contribution is 2.18. The van der Waals surface area contributed by atoms with E-state index in [-0.39, 0.29) is 5.91 Å². The second-order valence-electron chi connectivity index (χ2n) is 5.49. The predicted molar refractivity (Wildman–Crippen MR) is 89.9 cm³/mol. The summed E-state index contributed by atoms with van der Waals surface area (Å²) in [6.07, 6.45) is 1.56. The second kappa shape index (κ2) is 7.04. The van der Waals surface area contributed by atoms with E-state index in [1.54, 1.807) is 60.7 Å². The number of nitrogens with zero attached hydrogens (tertiary/aromatic N) is 2. The van der Waals surface area contributed by atoms with Crippen LogP contribution in [0.15, 0.2) is 53.1 Å². The van der Waals surface area contributed by atoms with Gasteiger partial charge in [0.25, 0.3) is 5.91 Å². The lowest BCUT2D eigenvalue weighted by molar-refractivity contribution is 0.0600. The van der Waals surface area contributed by atoms with E-state index in [0.717, 1.165) is 5.56 Å². The zero-order valence-electron chi connectivity index (χ0n) is 13.9. The highest BCUT2D eigenvalue weighted by atomic mass is 16.5. The first kappa shape index (κ1) is 16.5. The van der Waals surface area contributed by atoms with Crippen molar-refractivity contribution in [3.8, 4) is 11.5 Å². The van der Waals surface area contributed by atoms with E-state index >= 15 is 0 Å². The van der Waals surface area contributed by atoms with Gasteiger partial charge in [-0.25, -0.2) is 4.79 Å². The molecule has 3 aromatic rings. The molecule has 2 aromatic heterocycles. The van der Waals surface area contributed by atoms with E-state index in [0.29, 0.717) is 29.3 Å². The number of rotatable bonds is 5. The minimum Gasteiger partial charge on any atom is -0.465 e. The zero-order valence-corrected chi connectivity index (χ0v) is 13.9. The third-order valence-corrected chi connectivity index (χ3v) is 3.73. The summed E-state index contributed by atoms with van der Waals surface area (Å²) in [7, 11) is 3.03. The van der Waals surface area contributed by atoms with Crippen molar-refractivity contribution in [1.82, 2.24) is 15.1 Å². The van der Waals surface area contributed by atoms with Crippen LogP contribution in [0.2, 0.25) is 0 Å². The maximum Gasteiger partial charge on any atom is 0.337 e. The van der Waals surface area contributed by atoms with Crippen molar-refractivity contribution < 1.29 is 18.7 Å². The van der Waals surface area contributed by atoms with Crippen LogP contribution in [-0.4, -0.2) is 41.1 Å². The van der Waals surface area contributed by atoms with Crippen LogP contribution in [0.5, 0.6) is 0 Å². The summed E-state index contributed by atoms with van der Waals surface area (Å²) < 4.78 is 9.94. The topological polar surface area (TPSA) is 88.4 Å². The molecule has 7 heteroatoms. The first-order valence-corrected chi connectivity index (χ1v) is 7.60. The van der Waals surface area contributed by atoms with E-state index in [2.05, 4.69) is 14.9 Å². The van der Waals surface area contributed by atoms with Gasteiger partial charge in [0.15, 0.2) is 11.5 Å². The molecule has 0 radical (unpaired) electrons. The number of ether oxygens (including phenoxy) is 1. The molecule has 3 rings (SSSR count). The number of aromatic amines is 1. The number of carbonyl (C=O) groups excluding carboxylic acids is 2. The summed E-state index contributed by atoms with van der Waals surface area (Å²) in [6, 6.07) is 12.1. The number of amides is 1. The van der Waals surface area contributed by atoms with E-state index in [1.807, 2.05) is 0 Å². The Morgan fingerprint density at radius 1 is 1.24 bits per heavy atom. The molecular weight excluding hydrogens is 322 g/mol. The van der Waals surface area contributed by atoms with Gasteiger partial charge in [-0.1, -0.05) is 12.1 Å². The van der Waals surface area contributed by atoms with Crippen LogP contribution in [0, 0.1) is 0 Å². The number of H-pyrrole nitrogens is 1. The molecule has 0 bridgehead atoms. The SMILES string of the molecule is COC(=O)c1ccc(CN(C)C(=O)c2cc(-c3ccco3)[nH]n2)cc1. The number of carbonyl (C=O) groups is 2. The van der Waals surface area contributed by atoms with Crippen molar-refractivity contribution >= 4 is 11.9 Å². The quantitative estimate of drug-likeness (QED) is 0.722. The van der Waals surface area contributed by atoms with Gasteiger partial charge in [-0.15, -0.1) is 0 Å². The van der Waals surface area contributed by atoms with Gasteiger partial charge < -0.3 is 14.1 Å². The summed E-state index contributed by atoms with van der Waals surface area (Å²) in [6.45, 7) is 0.392. The lowest BCUT2D eigenvalue weighted by Crippen LogP contribution is -2.26. The molecule has 0 atom stereocenters. The Labute approximate surface area is 144 Å². The van der Waals surface area contributed by atoms with Crippen molar-refractivity contribution in [1.29, 1.82) is 0 Å². The van der Waals surface area contributed by atoms with Crippen LogP contribution >= 0.6 is 0 Å². The number of furan rings is 1. The number of benzene rings is 1. The fraction of sp³-hybridized carbons (Fsp3) is 0.167. The van der Waals surface area contributed by atoms with Crippen LogP contribution in [-0.2, 0) is 11.3 Å². The summed E-state index contributed by atoms with van der Waals surface area (Å²) in [4.78, 5) is 25.5. The minimum atomic E-state index is -0.391. The molecular formula is C18H17N3O4. The molecule has 25 heavy (non-hydrogen) atoms. The van der Waals surface area contributed by atoms with Crippen molar-refractivity contribution in [2.45, 2.75) is 6.54 Å². The van der Waals surface area contributed by atoms with Crippen LogP contribution < -0.4 is 0 Å². The van der Waals surface area contributed by atoms with Gasteiger partial charge in [0.2, 0.25) is 0 Å². The molecule has 1 N–H and O–H groups in total. The third-order valence-electron chi connectivity index (χ3n) is 3.73. The molecule has 7 nitrogen and oxygen atoms in total. The van der Waals surface area contributed by atoms with Gasteiger partial charge in [0, 0.05) is 19.7 Å². The Hall–Kier alpha value is -3.35. The molecule has 0 aliphatic heterocycles. The number of hydrogen-bond donors (Lipinski definition) is 1. The predicted octanol–water partition coefficient (Wildman–Crippen LogP) is 2.73. The minimum absolute atomic E-state index is 0.217. The molecule has 0 spiro atoms. The van der Waals surface area contributed by atoms with Gasteiger partial charge in [-0.2, -0.15) is 5.10 Å². The summed E-state index contributed by atoms with van der Waals surface area (Å²) in [5.41, 5.74) is 2.31. The average Bonchev–Trinajstić information content (AvgIpc) is 3.32. The Morgan fingerprint density at radius 3 is 2.64 bits per heavy atom. The number of methoxy groups -OCH3 is 1. The second-order valence-corrected chi connectivity index (χ2v) is 5.49. The normalized spacial score (nSPS) is 10.5. The molecule has 0 aliphatic rings. The number of aromatic nitrogens is 2. The molecule has 0 saturated carbocycles. The highest BCUT2D eigenvalue weighted by molar-refractivity contribution is 5.93. The lowest BCUT2D eigenvalue weighted by Gasteiger charge is -2.16. The average molecular weight is 339 g/mol. The molecule has 1 amide bonds. The standard InChI is InChI=1S/C18H17N3O4/c1-21(11-12-5-7-13(8-6-12)18(23)24-2)17(22)15-10-14(19-20-15)16-4-3-9-25-16/h3-10H,11H2,1-2H3,(H,19,20). The fourth-order valence-electron chi connectivity index (χ4n) is 2.39. The highest BCUT2D eigenvalue weighted by Gasteiger charge is 2.17. The Balaban J connectivity index is 1.67. The van der Waals surface area contributed by atoms with E-state index in [4.69, 9.17) is 4.42 Å². The first-order valence-electron chi connectivity index (χ1n) is 7.60. The Kier molecular flexibility index (Phi) is 4.65. The van der Waals surface area contributed by atoms with Crippen LogP contribution in [0.3, 0.4) is 0 Å².